The van der Waals surface area contributed by atoms with Crippen LogP contribution >= 0.6 is 0 Å². The Balaban J connectivity index is 1.61. The van der Waals surface area contributed by atoms with Crippen molar-refractivity contribution in [2.75, 3.05) is 39.3 Å². The molecule has 23 heavy (non-hydrogen) atoms. The van der Waals surface area contributed by atoms with Crippen LogP contribution in [0.5, 0.6) is 0 Å². The molecular weight excluding hydrogens is 290 g/mol. The molecule has 1 aromatic rings. The van der Waals surface area contributed by atoms with Crippen molar-refractivity contribution < 1.29 is 9.53 Å². The molecular formula is C18H27N3O2. The average molecular weight is 317 g/mol. The number of carbonyl (C=O) groups is 1. The largest absolute Gasteiger partial charge is 0.366 e. The normalized spacial score (nSPS) is 25.3. The van der Waals surface area contributed by atoms with Crippen molar-refractivity contribution in [1.29, 1.82) is 0 Å². The Kier molecular flexibility index (Phi) is 4.99. The first kappa shape index (κ1) is 16.4. The zero-order valence-electron chi connectivity index (χ0n) is 14.1. The van der Waals surface area contributed by atoms with Crippen LogP contribution < -0.4 is 5.32 Å². The minimum Gasteiger partial charge on any atom is -0.366 e. The second-order valence-corrected chi connectivity index (χ2v) is 7.04. The molecule has 5 heteroatoms. The van der Waals surface area contributed by atoms with E-state index in [1.165, 1.54) is 5.56 Å². The second-order valence-electron chi connectivity index (χ2n) is 7.04. The molecule has 2 heterocycles. The standard InChI is InChI=1S/C18H27N3O2/c1-18(2)14-20(17(22)16-12-19-8-11-23-16)9-10-21(18)13-15-6-4-3-5-7-15/h3-7,16,19H,8-14H2,1-2H3. The quantitative estimate of drug-likeness (QED) is 0.907. The molecule has 0 spiro atoms. The van der Waals surface area contributed by atoms with Gasteiger partial charge in [-0.15, -0.1) is 0 Å². The van der Waals surface area contributed by atoms with Gasteiger partial charge in [-0.3, -0.25) is 9.69 Å². The van der Waals surface area contributed by atoms with Crippen LogP contribution in [0.3, 0.4) is 0 Å². The van der Waals surface area contributed by atoms with Gasteiger partial charge in [0, 0.05) is 44.8 Å². The average Bonchev–Trinajstić information content (AvgIpc) is 2.57. The number of hydrogen-bond acceptors (Lipinski definition) is 4. The third-order valence-electron chi connectivity index (χ3n) is 4.80. The molecule has 0 bridgehead atoms. The van der Waals surface area contributed by atoms with Crippen molar-refractivity contribution in [1.82, 2.24) is 15.1 Å². The Bertz CT molecular complexity index is 526. The smallest absolute Gasteiger partial charge is 0.253 e. The van der Waals surface area contributed by atoms with Crippen molar-refractivity contribution in [3.63, 3.8) is 0 Å². The highest BCUT2D eigenvalue weighted by Gasteiger charge is 2.37. The maximum Gasteiger partial charge on any atom is 0.253 e. The molecule has 2 aliphatic rings. The summed E-state index contributed by atoms with van der Waals surface area (Å²) >= 11 is 0. The lowest BCUT2D eigenvalue weighted by molar-refractivity contribution is -0.150. The molecule has 1 N–H and O–H groups in total. The highest BCUT2D eigenvalue weighted by Crippen LogP contribution is 2.24. The van der Waals surface area contributed by atoms with Crippen molar-refractivity contribution in [3.8, 4) is 0 Å². The lowest BCUT2D eigenvalue weighted by Crippen LogP contribution is -2.62. The minimum atomic E-state index is -0.319. The van der Waals surface area contributed by atoms with E-state index in [1.54, 1.807) is 0 Å². The molecule has 1 atom stereocenters. The van der Waals surface area contributed by atoms with Gasteiger partial charge in [0.05, 0.1) is 6.61 Å². The van der Waals surface area contributed by atoms with Crippen LogP contribution in [-0.4, -0.2) is 66.7 Å². The number of hydrogen-bond donors (Lipinski definition) is 1. The number of morpholine rings is 1. The maximum atomic E-state index is 12.6. The van der Waals surface area contributed by atoms with Gasteiger partial charge < -0.3 is 15.0 Å². The molecule has 1 amide bonds. The summed E-state index contributed by atoms with van der Waals surface area (Å²) < 4.78 is 5.62. The van der Waals surface area contributed by atoms with E-state index in [1.807, 2.05) is 11.0 Å². The van der Waals surface area contributed by atoms with Crippen LogP contribution in [0.15, 0.2) is 30.3 Å². The zero-order chi connectivity index (χ0) is 16.3. The van der Waals surface area contributed by atoms with E-state index < -0.39 is 0 Å². The van der Waals surface area contributed by atoms with Gasteiger partial charge in [0.25, 0.3) is 5.91 Å². The van der Waals surface area contributed by atoms with Gasteiger partial charge in [-0.1, -0.05) is 30.3 Å². The van der Waals surface area contributed by atoms with Gasteiger partial charge in [0.1, 0.15) is 6.10 Å². The molecule has 2 aliphatic heterocycles. The Labute approximate surface area is 138 Å². The monoisotopic (exact) mass is 317 g/mol. The fraction of sp³-hybridized carbons (Fsp3) is 0.611. The third-order valence-corrected chi connectivity index (χ3v) is 4.80. The molecule has 0 aliphatic carbocycles. The number of rotatable bonds is 3. The van der Waals surface area contributed by atoms with Crippen molar-refractivity contribution >= 4 is 5.91 Å². The number of nitrogens with zero attached hydrogens (tertiary/aromatic N) is 2. The van der Waals surface area contributed by atoms with Crippen LogP contribution in [0.25, 0.3) is 0 Å². The summed E-state index contributed by atoms with van der Waals surface area (Å²) in [5.41, 5.74) is 1.28. The number of benzene rings is 1. The Morgan fingerprint density at radius 3 is 2.74 bits per heavy atom. The van der Waals surface area contributed by atoms with E-state index in [0.717, 1.165) is 32.7 Å². The summed E-state index contributed by atoms with van der Waals surface area (Å²) in [6.45, 7) is 9.86. The first-order chi connectivity index (χ1) is 11.1. The Morgan fingerprint density at radius 1 is 1.30 bits per heavy atom. The molecule has 2 fully saturated rings. The van der Waals surface area contributed by atoms with Crippen molar-refractivity contribution in [2.45, 2.75) is 32.0 Å². The van der Waals surface area contributed by atoms with E-state index in [4.69, 9.17) is 4.74 Å². The van der Waals surface area contributed by atoms with Gasteiger partial charge in [-0.25, -0.2) is 0 Å². The molecule has 0 aromatic heterocycles. The highest BCUT2D eigenvalue weighted by atomic mass is 16.5. The molecule has 2 saturated heterocycles. The van der Waals surface area contributed by atoms with Crippen LogP contribution in [0, 0.1) is 0 Å². The van der Waals surface area contributed by atoms with Crippen LogP contribution in [0.4, 0.5) is 0 Å². The third kappa shape index (κ3) is 3.91. The zero-order valence-corrected chi connectivity index (χ0v) is 14.1. The fourth-order valence-corrected chi connectivity index (χ4v) is 3.40. The SMILES string of the molecule is CC1(C)CN(C(=O)C2CNCCO2)CCN1Cc1ccccc1. The van der Waals surface area contributed by atoms with Crippen LogP contribution in [0.2, 0.25) is 0 Å². The molecule has 3 rings (SSSR count). The number of nitrogens with one attached hydrogen (secondary N) is 1. The van der Waals surface area contributed by atoms with Gasteiger partial charge in [0.2, 0.25) is 0 Å². The summed E-state index contributed by atoms with van der Waals surface area (Å²) in [5, 5.41) is 3.23. The van der Waals surface area contributed by atoms with Gasteiger partial charge in [-0.2, -0.15) is 0 Å². The summed E-state index contributed by atoms with van der Waals surface area (Å²) in [7, 11) is 0. The number of carbonyl (C=O) groups excluding carboxylic acids is 1. The minimum absolute atomic E-state index is 0.0359. The summed E-state index contributed by atoms with van der Waals surface area (Å²) in [5.74, 6) is 0.129. The van der Waals surface area contributed by atoms with E-state index in [-0.39, 0.29) is 17.6 Å². The summed E-state index contributed by atoms with van der Waals surface area (Å²) in [6, 6.07) is 10.5. The highest BCUT2D eigenvalue weighted by molar-refractivity contribution is 5.81. The number of piperazine rings is 1. The van der Waals surface area contributed by atoms with E-state index in [9.17, 15) is 4.79 Å². The van der Waals surface area contributed by atoms with Crippen molar-refractivity contribution in [2.24, 2.45) is 0 Å². The van der Waals surface area contributed by atoms with E-state index in [0.29, 0.717) is 13.2 Å². The lowest BCUT2D eigenvalue weighted by atomic mass is 9.97. The van der Waals surface area contributed by atoms with Gasteiger partial charge in [-0.05, 0) is 19.4 Å². The van der Waals surface area contributed by atoms with E-state index in [2.05, 4.69) is 48.3 Å². The van der Waals surface area contributed by atoms with Crippen LogP contribution in [-0.2, 0) is 16.1 Å². The van der Waals surface area contributed by atoms with Crippen molar-refractivity contribution in [3.05, 3.63) is 35.9 Å². The molecule has 0 radical (unpaired) electrons. The van der Waals surface area contributed by atoms with Gasteiger partial charge in [0.15, 0.2) is 0 Å². The molecule has 1 aromatic carbocycles. The fourth-order valence-electron chi connectivity index (χ4n) is 3.40. The summed E-state index contributed by atoms with van der Waals surface area (Å²) in [6.07, 6.45) is -0.319. The topological polar surface area (TPSA) is 44.8 Å². The van der Waals surface area contributed by atoms with Gasteiger partial charge >= 0.3 is 0 Å². The molecule has 126 valence electrons. The Hall–Kier alpha value is -1.43. The van der Waals surface area contributed by atoms with E-state index >= 15 is 0 Å². The molecule has 1 unspecified atom stereocenters. The maximum absolute atomic E-state index is 12.6. The molecule has 5 nitrogen and oxygen atoms in total. The predicted octanol–water partition coefficient (Wildman–Crippen LogP) is 1.10. The second kappa shape index (κ2) is 6.99. The number of ether oxygens (including phenoxy) is 1. The number of amides is 1. The molecule has 0 saturated carbocycles. The van der Waals surface area contributed by atoms with Crippen LogP contribution in [0.1, 0.15) is 19.4 Å². The first-order valence-electron chi connectivity index (χ1n) is 8.46. The Morgan fingerprint density at radius 2 is 2.09 bits per heavy atom. The predicted molar refractivity (Wildman–Crippen MR) is 90.1 cm³/mol. The summed E-state index contributed by atoms with van der Waals surface area (Å²) in [4.78, 5) is 17.1. The lowest BCUT2D eigenvalue weighted by Gasteiger charge is -2.48. The first-order valence-corrected chi connectivity index (χ1v) is 8.46.